The summed E-state index contributed by atoms with van der Waals surface area (Å²) >= 11 is 0. The van der Waals surface area contributed by atoms with E-state index < -0.39 is 0 Å². The Bertz CT molecular complexity index is 570. The van der Waals surface area contributed by atoms with Gasteiger partial charge in [0.2, 0.25) is 0 Å². The zero-order chi connectivity index (χ0) is 14.5. The lowest BCUT2D eigenvalue weighted by Gasteiger charge is -2.21. The predicted molar refractivity (Wildman–Crippen MR) is 86.5 cm³/mol. The van der Waals surface area contributed by atoms with Gasteiger partial charge in [-0.3, -0.25) is 4.68 Å². The van der Waals surface area contributed by atoms with Gasteiger partial charge < -0.3 is 10.2 Å². The van der Waals surface area contributed by atoms with Gasteiger partial charge in [-0.25, -0.2) is 0 Å². The smallest absolute Gasteiger partial charge is 0.0637 e. The second kappa shape index (κ2) is 6.76. The Balaban J connectivity index is 1.53. The Morgan fingerprint density at radius 2 is 1.95 bits per heavy atom. The standard InChI is InChI=1S/C17H24N4/c1-20-13-9-16(19-20)8-10-18-14-15-6-2-3-7-17(15)21-11-4-5-12-21/h2-3,6-7,9,13,18H,4-5,8,10-12,14H2,1H3. The topological polar surface area (TPSA) is 33.1 Å². The minimum absolute atomic E-state index is 0.930. The van der Waals surface area contributed by atoms with Gasteiger partial charge in [0.1, 0.15) is 0 Å². The van der Waals surface area contributed by atoms with Crippen molar-refractivity contribution in [2.45, 2.75) is 25.8 Å². The molecule has 1 aliphatic rings. The molecule has 4 nitrogen and oxygen atoms in total. The molecule has 2 heterocycles. The molecule has 0 spiro atoms. The van der Waals surface area contributed by atoms with E-state index in [0.29, 0.717) is 0 Å². The van der Waals surface area contributed by atoms with Gasteiger partial charge in [-0.2, -0.15) is 5.10 Å². The Labute approximate surface area is 126 Å². The predicted octanol–water partition coefficient (Wildman–Crippen LogP) is 2.35. The molecule has 0 saturated carbocycles. The fourth-order valence-corrected chi connectivity index (χ4v) is 2.96. The first-order valence-electron chi connectivity index (χ1n) is 7.85. The first-order valence-corrected chi connectivity index (χ1v) is 7.85. The van der Waals surface area contributed by atoms with Gasteiger partial charge in [-0.1, -0.05) is 18.2 Å². The van der Waals surface area contributed by atoms with Crippen molar-refractivity contribution >= 4 is 5.69 Å². The number of hydrogen-bond acceptors (Lipinski definition) is 3. The second-order valence-electron chi connectivity index (χ2n) is 5.73. The van der Waals surface area contributed by atoms with Crippen molar-refractivity contribution in [3.05, 3.63) is 47.8 Å². The number of para-hydroxylation sites is 1. The summed E-state index contributed by atoms with van der Waals surface area (Å²) in [6.45, 7) is 4.29. The van der Waals surface area contributed by atoms with Crippen molar-refractivity contribution in [2.24, 2.45) is 7.05 Å². The molecule has 0 amide bonds. The minimum atomic E-state index is 0.930. The molecule has 1 aliphatic heterocycles. The van der Waals surface area contributed by atoms with E-state index in [4.69, 9.17) is 0 Å². The van der Waals surface area contributed by atoms with E-state index >= 15 is 0 Å². The molecule has 3 rings (SSSR count). The minimum Gasteiger partial charge on any atom is -0.371 e. The Hall–Kier alpha value is -1.81. The maximum Gasteiger partial charge on any atom is 0.0637 e. The van der Waals surface area contributed by atoms with Crippen LogP contribution in [0.4, 0.5) is 5.69 Å². The van der Waals surface area contributed by atoms with Gasteiger partial charge >= 0.3 is 0 Å². The summed E-state index contributed by atoms with van der Waals surface area (Å²) in [4.78, 5) is 2.51. The van der Waals surface area contributed by atoms with Crippen molar-refractivity contribution in [2.75, 3.05) is 24.5 Å². The van der Waals surface area contributed by atoms with Crippen molar-refractivity contribution in [3.8, 4) is 0 Å². The van der Waals surface area contributed by atoms with E-state index in [1.165, 1.54) is 37.2 Å². The third kappa shape index (κ3) is 3.64. The van der Waals surface area contributed by atoms with Gasteiger partial charge in [0.05, 0.1) is 5.69 Å². The van der Waals surface area contributed by atoms with Crippen molar-refractivity contribution in [3.63, 3.8) is 0 Å². The number of anilines is 1. The number of rotatable bonds is 6. The molecule has 1 aromatic heterocycles. The summed E-state index contributed by atoms with van der Waals surface area (Å²) in [6, 6.07) is 10.8. The molecule has 0 bridgehead atoms. The number of aryl methyl sites for hydroxylation is 1. The average Bonchev–Trinajstić information content (AvgIpc) is 3.16. The summed E-state index contributed by atoms with van der Waals surface area (Å²) < 4.78 is 1.86. The molecule has 4 heteroatoms. The molecule has 1 fully saturated rings. The molecular formula is C17H24N4. The summed E-state index contributed by atoms with van der Waals surface area (Å²) in [6.07, 6.45) is 5.62. The molecule has 1 N–H and O–H groups in total. The summed E-state index contributed by atoms with van der Waals surface area (Å²) in [7, 11) is 1.96. The molecule has 112 valence electrons. The highest BCUT2D eigenvalue weighted by Gasteiger charge is 2.14. The molecule has 2 aromatic rings. The van der Waals surface area contributed by atoms with Crippen LogP contribution in [0.3, 0.4) is 0 Å². The van der Waals surface area contributed by atoms with Crippen LogP contribution in [0.15, 0.2) is 36.5 Å². The van der Waals surface area contributed by atoms with Crippen LogP contribution < -0.4 is 10.2 Å². The van der Waals surface area contributed by atoms with Crippen LogP contribution in [0.5, 0.6) is 0 Å². The van der Waals surface area contributed by atoms with E-state index in [1.54, 1.807) is 0 Å². The van der Waals surface area contributed by atoms with Crippen LogP contribution in [-0.4, -0.2) is 29.4 Å². The van der Waals surface area contributed by atoms with Gasteiger partial charge in [0.25, 0.3) is 0 Å². The Morgan fingerprint density at radius 1 is 1.14 bits per heavy atom. The van der Waals surface area contributed by atoms with E-state index in [2.05, 4.69) is 45.6 Å². The lowest BCUT2D eigenvalue weighted by molar-refractivity contribution is 0.664. The third-order valence-corrected chi connectivity index (χ3v) is 4.08. The zero-order valence-electron chi connectivity index (χ0n) is 12.8. The number of nitrogens with one attached hydrogen (secondary N) is 1. The number of nitrogens with zero attached hydrogens (tertiary/aromatic N) is 3. The van der Waals surface area contributed by atoms with Gasteiger partial charge in [0.15, 0.2) is 0 Å². The van der Waals surface area contributed by atoms with E-state index in [1.807, 2.05) is 17.9 Å². The highest BCUT2D eigenvalue weighted by atomic mass is 15.2. The van der Waals surface area contributed by atoms with E-state index in [0.717, 1.165) is 25.2 Å². The van der Waals surface area contributed by atoms with Gasteiger partial charge in [-0.15, -0.1) is 0 Å². The SMILES string of the molecule is Cn1ccc(CCNCc2ccccc2N2CCCC2)n1. The maximum absolute atomic E-state index is 4.40. The molecular weight excluding hydrogens is 260 g/mol. The summed E-state index contributed by atoms with van der Waals surface area (Å²) in [5, 5.41) is 7.95. The van der Waals surface area contributed by atoms with Crippen molar-refractivity contribution < 1.29 is 0 Å². The molecule has 1 saturated heterocycles. The highest BCUT2D eigenvalue weighted by molar-refractivity contribution is 5.54. The second-order valence-corrected chi connectivity index (χ2v) is 5.73. The summed E-state index contributed by atoms with van der Waals surface area (Å²) in [5.41, 5.74) is 3.96. The van der Waals surface area contributed by atoms with Crippen LogP contribution >= 0.6 is 0 Å². The molecule has 1 aromatic carbocycles. The van der Waals surface area contributed by atoms with Crippen LogP contribution in [0, 0.1) is 0 Å². The van der Waals surface area contributed by atoms with Crippen LogP contribution in [0.2, 0.25) is 0 Å². The maximum atomic E-state index is 4.40. The monoisotopic (exact) mass is 284 g/mol. The fourth-order valence-electron chi connectivity index (χ4n) is 2.96. The zero-order valence-corrected chi connectivity index (χ0v) is 12.8. The average molecular weight is 284 g/mol. The third-order valence-electron chi connectivity index (χ3n) is 4.08. The lowest BCUT2D eigenvalue weighted by atomic mass is 10.1. The van der Waals surface area contributed by atoms with Gasteiger partial charge in [0, 0.05) is 51.5 Å². The van der Waals surface area contributed by atoms with Crippen LogP contribution in [-0.2, 0) is 20.0 Å². The van der Waals surface area contributed by atoms with Gasteiger partial charge in [-0.05, 0) is 30.5 Å². The summed E-state index contributed by atoms with van der Waals surface area (Å²) in [5.74, 6) is 0. The number of hydrogen-bond donors (Lipinski definition) is 1. The molecule has 0 unspecified atom stereocenters. The highest BCUT2D eigenvalue weighted by Crippen LogP contribution is 2.24. The van der Waals surface area contributed by atoms with Crippen LogP contribution in [0.1, 0.15) is 24.1 Å². The van der Waals surface area contributed by atoms with E-state index in [9.17, 15) is 0 Å². The molecule has 21 heavy (non-hydrogen) atoms. The first-order chi connectivity index (χ1) is 10.3. The molecule has 0 aliphatic carbocycles. The molecule has 0 radical (unpaired) electrons. The van der Waals surface area contributed by atoms with Crippen molar-refractivity contribution in [1.82, 2.24) is 15.1 Å². The molecule has 0 atom stereocenters. The first kappa shape index (κ1) is 14.1. The number of benzene rings is 1. The number of aromatic nitrogens is 2. The quantitative estimate of drug-likeness (QED) is 0.827. The van der Waals surface area contributed by atoms with Crippen molar-refractivity contribution in [1.29, 1.82) is 0 Å². The fraction of sp³-hybridized carbons (Fsp3) is 0.471. The van der Waals surface area contributed by atoms with Crippen LogP contribution in [0.25, 0.3) is 0 Å². The lowest BCUT2D eigenvalue weighted by Crippen LogP contribution is -2.22. The Morgan fingerprint density at radius 3 is 2.71 bits per heavy atom. The van der Waals surface area contributed by atoms with E-state index in [-0.39, 0.29) is 0 Å². The Kier molecular flexibility index (Phi) is 4.55. The largest absolute Gasteiger partial charge is 0.371 e. The normalized spacial score (nSPS) is 14.8.